The third kappa shape index (κ3) is 5.62. The van der Waals surface area contributed by atoms with E-state index in [0.717, 1.165) is 19.9 Å². The summed E-state index contributed by atoms with van der Waals surface area (Å²) in [4.78, 5) is 21.6. The third-order valence-corrected chi connectivity index (χ3v) is 5.43. The second kappa shape index (κ2) is 9.20. The van der Waals surface area contributed by atoms with Crippen molar-refractivity contribution >= 4 is 28.8 Å². The number of nitrogens with zero attached hydrogens (tertiary/aromatic N) is 3. The summed E-state index contributed by atoms with van der Waals surface area (Å²) in [6.07, 6.45) is 0.580. The minimum absolute atomic E-state index is 0.00564. The first-order valence-corrected chi connectivity index (χ1v) is 9.80. The number of rotatable bonds is 7. The molecule has 5 nitrogen and oxygen atoms in total. The lowest BCUT2D eigenvalue weighted by Gasteiger charge is -2.45. The summed E-state index contributed by atoms with van der Waals surface area (Å²) >= 11 is 6.16. The van der Waals surface area contributed by atoms with Crippen LogP contribution in [0.15, 0.2) is 41.8 Å². The fraction of sp³-hybridized carbons (Fsp3) is 0.476. The molecule has 164 valence electrons. The van der Waals surface area contributed by atoms with Gasteiger partial charge in [-0.2, -0.15) is 13.2 Å². The lowest BCUT2D eigenvalue weighted by atomic mass is 9.64. The van der Waals surface area contributed by atoms with E-state index in [1.807, 2.05) is 0 Å². The first-order chi connectivity index (χ1) is 13.9. The summed E-state index contributed by atoms with van der Waals surface area (Å²) in [5.74, 6) is -0.664. The molecule has 1 heterocycles. The molecule has 1 aliphatic carbocycles. The van der Waals surface area contributed by atoms with E-state index in [0.29, 0.717) is 22.4 Å². The van der Waals surface area contributed by atoms with Crippen molar-refractivity contribution in [2.75, 3.05) is 20.1 Å². The van der Waals surface area contributed by atoms with Gasteiger partial charge in [0.15, 0.2) is 5.71 Å². The van der Waals surface area contributed by atoms with Gasteiger partial charge in [0.05, 0.1) is 10.6 Å². The number of aliphatic imine (C=N–C) groups is 1. The maximum Gasteiger partial charge on any atom is 0.433 e. The van der Waals surface area contributed by atoms with Crippen LogP contribution in [0.3, 0.4) is 0 Å². The zero-order valence-corrected chi connectivity index (χ0v) is 18.0. The van der Waals surface area contributed by atoms with Gasteiger partial charge in [-0.05, 0) is 35.8 Å². The largest absolute Gasteiger partial charge is 0.433 e. The normalized spacial score (nSPS) is 17.4. The molecule has 2 rings (SSSR count). The highest BCUT2D eigenvalue weighted by atomic mass is 35.5. The van der Waals surface area contributed by atoms with Crippen molar-refractivity contribution in [2.45, 2.75) is 32.9 Å². The molecule has 0 aromatic carbocycles. The molecule has 0 atom stereocenters. The van der Waals surface area contributed by atoms with Gasteiger partial charge in [0.1, 0.15) is 0 Å². The van der Waals surface area contributed by atoms with Crippen molar-refractivity contribution in [3.8, 4) is 0 Å². The fourth-order valence-electron chi connectivity index (χ4n) is 3.96. The number of carbonyl (C=O) groups is 1. The summed E-state index contributed by atoms with van der Waals surface area (Å²) in [6.45, 7) is 8.50. The molecular weight excluding hydrogens is 417 g/mol. The summed E-state index contributed by atoms with van der Waals surface area (Å²) in [5.41, 5.74) is 4.67. The zero-order valence-electron chi connectivity index (χ0n) is 17.3. The van der Waals surface area contributed by atoms with Crippen molar-refractivity contribution in [3.05, 3.63) is 47.4 Å². The SMILES string of the molecule is C=C(CN(CC1CC(C)(C)C1)C(=O)C(=CN)C(=NC)C(F)(F)F)c1ccncc1Cl. The molecular formula is C21H26ClF3N4O. The fourth-order valence-corrected chi connectivity index (χ4v) is 4.22. The first-order valence-electron chi connectivity index (χ1n) is 9.42. The van der Waals surface area contributed by atoms with E-state index in [4.69, 9.17) is 17.3 Å². The average Bonchev–Trinajstić information content (AvgIpc) is 2.62. The van der Waals surface area contributed by atoms with Crippen LogP contribution in [-0.2, 0) is 4.79 Å². The first kappa shape index (κ1) is 23.9. The smallest absolute Gasteiger partial charge is 0.404 e. The van der Waals surface area contributed by atoms with E-state index in [9.17, 15) is 18.0 Å². The van der Waals surface area contributed by atoms with E-state index in [1.165, 1.54) is 17.3 Å². The highest BCUT2D eigenvalue weighted by molar-refractivity contribution is 6.32. The number of amides is 1. The lowest BCUT2D eigenvalue weighted by Crippen LogP contribution is -2.45. The summed E-state index contributed by atoms with van der Waals surface area (Å²) in [6, 6.07) is 1.65. The molecule has 1 saturated carbocycles. The van der Waals surface area contributed by atoms with E-state index >= 15 is 0 Å². The van der Waals surface area contributed by atoms with E-state index in [2.05, 4.69) is 30.4 Å². The number of hydrogen-bond donors (Lipinski definition) is 1. The molecule has 0 bridgehead atoms. The predicted octanol–water partition coefficient (Wildman–Crippen LogP) is 4.49. The van der Waals surface area contributed by atoms with Crippen LogP contribution >= 0.6 is 11.6 Å². The van der Waals surface area contributed by atoms with Crippen LogP contribution < -0.4 is 5.73 Å². The van der Waals surface area contributed by atoms with Gasteiger partial charge in [0, 0.05) is 44.3 Å². The topological polar surface area (TPSA) is 71.6 Å². The van der Waals surface area contributed by atoms with Crippen LogP contribution in [0.25, 0.3) is 5.57 Å². The Morgan fingerprint density at radius 2 is 2.10 bits per heavy atom. The summed E-state index contributed by atoms with van der Waals surface area (Å²) < 4.78 is 40.1. The lowest BCUT2D eigenvalue weighted by molar-refractivity contribution is -0.128. The standard InChI is InChI=1S/C21H26ClF3N4O/c1-13(15-5-6-28-10-17(15)22)11-29(12-14-7-20(2,3)8-14)19(30)16(9-26)18(27-4)21(23,24)25/h5-6,9-10,14H,1,7-8,11-12,26H2,2-4H3. The Morgan fingerprint density at radius 3 is 2.57 bits per heavy atom. The second-order valence-corrected chi connectivity index (χ2v) is 8.64. The van der Waals surface area contributed by atoms with Gasteiger partial charge in [-0.15, -0.1) is 0 Å². The summed E-state index contributed by atoms with van der Waals surface area (Å²) in [7, 11) is 0.980. The third-order valence-electron chi connectivity index (χ3n) is 5.13. The van der Waals surface area contributed by atoms with Gasteiger partial charge in [0.25, 0.3) is 5.91 Å². The van der Waals surface area contributed by atoms with Crippen LogP contribution in [-0.4, -0.2) is 47.8 Å². The molecule has 0 unspecified atom stereocenters. The molecule has 1 aromatic rings. The number of carbonyl (C=O) groups excluding carboxylic acids is 1. The minimum Gasteiger partial charge on any atom is -0.404 e. The molecule has 2 N–H and O–H groups in total. The van der Waals surface area contributed by atoms with Gasteiger partial charge in [-0.3, -0.25) is 14.8 Å². The van der Waals surface area contributed by atoms with Crippen molar-refractivity contribution in [1.29, 1.82) is 0 Å². The van der Waals surface area contributed by atoms with Crippen molar-refractivity contribution in [3.63, 3.8) is 0 Å². The quantitative estimate of drug-likeness (QED) is 0.499. The van der Waals surface area contributed by atoms with Gasteiger partial charge < -0.3 is 10.6 Å². The molecule has 30 heavy (non-hydrogen) atoms. The van der Waals surface area contributed by atoms with E-state index in [1.54, 1.807) is 6.07 Å². The molecule has 0 aliphatic heterocycles. The molecule has 1 aliphatic rings. The monoisotopic (exact) mass is 442 g/mol. The molecule has 0 spiro atoms. The summed E-state index contributed by atoms with van der Waals surface area (Å²) in [5, 5.41) is 0.348. The Bertz CT molecular complexity index is 869. The van der Waals surface area contributed by atoms with Crippen LogP contribution in [0.1, 0.15) is 32.3 Å². The maximum absolute atomic E-state index is 13.4. The van der Waals surface area contributed by atoms with Crippen LogP contribution in [0.4, 0.5) is 13.2 Å². The highest BCUT2D eigenvalue weighted by Crippen LogP contribution is 2.45. The number of halogens is 4. The van der Waals surface area contributed by atoms with E-state index in [-0.39, 0.29) is 24.4 Å². The number of aromatic nitrogens is 1. The highest BCUT2D eigenvalue weighted by Gasteiger charge is 2.42. The number of alkyl halides is 3. The maximum atomic E-state index is 13.4. The molecule has 9 heteroatoms. The Morgan fingerprint density at radius 1 is 1.47 bits per heavy atom. The van der Waals surface area contributed by atoms with Crippen molar-refractivity contribution in [1.82, 2.24) is 9.88 Å². The second-order valence-electron chi connectivity index (χ2n) is 8.23. The van der Waals surface area contributed by atoms with Crippen LogP contribution in [0, 0.1) is 11.3 Å². The Balaban J connectivity index is 2.31. The van der Waals surface area contributed by atoms with Crippen LogP contribution in [0.2, 0.25) is 5.02 Å². The van der Waals surface area contributed by atoms with E-state index < -0.39 is 23.4 Å². The Labute approximate surface area is 179 Å². The van der Waals surface area contributed by atoms with Gasteiger partial charge in [0.2, 0.25) is 0 Å². The molecule has 1 fully saturated rings. The average molecular weight is 443 g/mol. The molecule has 1 aromatic heterocycles. The minimum atomic E-state index is -4.80. The predicted molar refractivity (Wildman–Crippen MR) is 113 cm³/mol. The number of hydrogen-bond acceptors (Lipinski definition) is 4. The van der Waals surface area contributed by atoms with Gasteiger partial charge in [-0.1, -0.05) is 32.0 Å². The van der Waals surface area contributed by atoms with Crippen molar-refractivity contribution < 1.29 is 18.0 Å². The Kier molecular flexibility index (Phi) is 7.34. The Hall–Kier alpha value is -2.35. The van der Waals surface area contributed by atoms with Gasteiger partial charge in [-0.25, -0.2) is 0 Å². The van der Waals surface area contributed by atoms with Crippen molar-refractivity contribution in [2.24, 2.45) is 22.1 Å². The zero-order chi connectivity index (χ0) is 22.7. The van der Waals surface area contributed by atoms with Gasteiger partial charge >= 0.3 is 6.18 Å². The molecule has 1 amide bonds. The molecule has 0 radical (unpaired) electrons. The number of nitrogens with two attached hydrogens (primary N) is 1. The number of pyridine rings is 1. The van der Waals surface area contributed by atoms with Crippen LogP contribution in [0.5, 0.6) is 0 Å². The molecule has 0 saturated heterocycles.